The first-order chi connectivity index (χ1) is 18.1. The van der Waals surface area contributed by atoms with Gasteiger partial charge < -0.3 is 23.1 Å². The zero-order valence-corrected chi connectivity index (χ0v) is 29.7. The van der Waals surface area contributed by atoms with E-state index in [9.17, 15) is 13.2 Å². The van der Waals surface area contributed by atoms with Crippen molar-refractivity contribution >= 4 is 32.8 Å². The van der Waals surface area contributed by atoms with Crippen LogP contribution in [0.3, 0.4) is 0 Å². The maximum Gasteiger partial charge on any atom is 0.192 e. The summed E-state index contributed by atoms with van der Waals surface area (Å²) in [5.74, 6) is -0.640. The summed E-state index contributed by atoms with van der Waals surface area (Å²) in [6.45, 7) is 24.5. The lowest BCUT2D eigenvalue weighted by Crippen LogP contribution is -2.49. The quantitative estimate of drug-likeness (QED) is 0.184. The van der Waals surface area contributed by atoms with Gasteiger partial charge in [-0.1, -0.05) is 59.2 Å². The third-order valence-corrected chi connectivity index (χ3v) is 20.1. The second-order valence-corrected chi connectivity index (χ2v) is 26.0. The smallest absolute Gasteiger partial charge is 0.192 e. The highest BCUT2D eigenvalue weighted by Gasteiger charge is 2.49. The predicted molar refractivity (Wildman–Crippen MR) is 167 cm³/mol. The molecule has 1 unspecified atom stereocenters. The number of aldehydes is 1. The van der Waals surface area contributed by atoms with Crippen molar-refractivity contribution in [2.24, 2.45) is 5.92 Å². The maximum atomic E-state index is 13.4. The van der Waals surface area contributed by atoms with Gasteiger partial charge in [0.15, 0.2) is 26.5 Å². The monoisotopic (exact) mass is 614 g/mol. The van der Waals surface area contributed by atoms with E-state index in [2.05, 4.69) is 67.7 Å². The van der Waals surface area contributed by atoms with Crippen LogP contribution in [-0.4, -0.2) is 75.2 Å². The molecule has 1 aromatic rings. The molecule has 0 bridgehead atoms. The molecule has 0 aliphatic carbocycles. The van der Waals surface area contributed by atoms with Crippen LogP contribution >= 0.6 is 0 Å². The molecule has 0 N–H and O–H groups in total. The van der Waals surface area contributed by atoms with Crippen LogP contribution in [0.4, 0.5) is 0 Å². The Kier molecular flexibility index (Phi) is 11.6. The van der Waals surface area contributed by atoms with E-state index in [0.29, 0.717) is 13.0 Å². The molecule has 0 aromatic heterocycles. The number of sulfone groups is 1. The van der Waals surface area contributed by atoms with Gasteiger partial charge in [0.05, 0.1) is 41.7 Å². The normalized spacial score (nSPS) is 23.8. The molecule has 1 aliphatic heterocycles. The van der Waals surface area contributed by atoms with Crippen LogP contribution in [0.1, 0.15) is 59.9 Å². The lowest BCUT2D eigenvalue weighted by atomic mass is 9.94. The van der Waals surface area contributed by atoms with Crippen LogP contribution in [0, 0.1) is 12.8 Å². The number of carbonyl (C=O) groups is 1. The highest BCUT2D eigenvalue weighted by Crippen LogP contribution is 2.41. The summed E-state index contributed by atoms with van der Waals surface area (Å²) >= 11 is 0. The second kappa shape index (κ2) is 13.2. The summed E-state index contributed by atoms with van der Waals surface area (Å²) < 4.78 is 52.7. The molecule has 1 heterocycles. The van der Waals surface area contributed by atoms with E-state index >= 15 is 0 Å². The van der Waals surface area contributed by atoms with Gasteiger partial charge in [-0.3, -0.25) is 0 Å². The highest BCUT2D eigenvalue weighted by atomic mass is 32.2. The molecule has 2 rings (SSSR count). The molecule has 1 fully saturated rings. The molecule has 1 aliphatic rings. The van der Waals surface area contributed by atoms with E-state index in [4.69, 9.17) is 18.3 Å². The summed E-state index contributed by atoms with van der Waals surface area (Å²) in [4.78, 5) is 11.9. The van der Waals surface area contributed by atoms with Crippen LogP contribution in [-0.2, 0) is 33.0 Å². The van der Waals surface area contributed by atoms with Gasteiger partial charge in [-0.2, -0.15) is 0 Å². The van der Waals surface area contributed by atoms with E-state index in [-0.39, 0.29) is 33.2 Å². The molecular formula is C30H54O7SSi2. The van der Waals surface area contributed by atoms with E-state index in [0.717, 1.165) is 11.8 Å². The number of hydrogen-bond acceptors (Lipinski definition) is 7. The molecular weight excluding hydrogens is 561 g/mol. The average Bonchev–Trinajstić information content (AvgIpc) is 3.11. The minimum Gasteiger partial charge on any atom is -0.414 e. The molecule has 0 radical (unpaired) electrons. The van der Waals surface area contributed by atoms with Crippen molar-refractivity contribution in [2.45, 2.75) is 127 Å². The molecule has 230 valence electrons. The standard InChI is InChI=1S/C30H54O7SSi2/c1-22-13-15-24(16-14-22)38(32,33)21-25-26(17-18-31)36-27(28(25)34-8)19-23(37-40(11,12)30(5,6)7)20-35-39(9,10)29(2,3)4/h13-16,18,23,25-28H,17,19-21H2,1-12H3/t23?,25-,26-,27+,28+/m0/s1. The first-order valence-corrected chi connectivity index (χ1v) is 21.8. The second-order valence-electron chi connectivity index (χ2n) is 14.4. The van der Waals surface area contributed by atoms with E-state index in [1.54, 1.807) is 31.4 Å². The zero-order chi connectivity index (χ0) is 30.7. The number of carbonyl (C=O) groups excluding carboxylic acids is 1. The molecule has 1 saturated heterocycles. The first kappa shape index (κ1) is 35.3. The summed E-state index contributed by atoms with van der Waals surface area (Å²) in [6, 6.07) is 6.86. The SMILES string of the molecule is CO[C@@H]1[C@@H](CS(=O)(=O)c2ccc(C)cc2)[C@H](CC=O)O[C@@H]1CC(CO[Si](C)(C)C(C)(C)C)O[Si](C)(C)C(C)(C)C. The highest BCUT2D eigenvalue weighted by molar-refractivity contribution is 7.91. The van der Waals surface area contributed by atoms with Crippen LogP contribution in [0.2, 0.25) is 36.3 Å². The van der Waals surface area contributed by atoms with Gasteiger partial charge >= 0.3 is 0 Å². The Morgan fingerprint density at radius 2 is 1.50 bits per heavy atom. The first-order valence-electron chi connectivity index (χ1n) is 14.4. The van der Waals surface area contributed by atoms with E-state index in [1.807, 2.05) is 6.92 Å². The van der Waals surface area contributed by atoms with Crippen LogP contribution in [0.5, 0.6) is 0 Å². The van der Waals surface area contributed by atoms with Gasteiger partial charge in [-0.05, 0) is 55.3 Å². The molecule has 0 spiro atoms. The number of rotatable bonds is 13. The van der Waals surface area contributed by atoms with E-state index in [1.165, 1.54) is 0 Å². The van der Waals surface area contributed by atoms with Crippen molar-refractivity contribution in [1.29, 1.82) is 0 Å². The Hall–Kier alpha value is -0.886. The fourth-order valence-electron chi connectivity index (χ4n) is 4.55. The van der Waals surface area contributed by atoms with Gasteiger partial charge in [0.1, 0.15) is 6.29 Å². The largest absolute Gasteiger partial charge is 0.414 e. The Morgan fingerprint density at radius 3 is 1.98 bits per heavy atom. The topological polar surface area (TPSA) is 88.1 Å². The lowest BCUT2D eigenvalue weighted by molar-refractivity contribution is -0.111. The van der Waals surface area contributed by atoms with Crippen molar-refractivity contribution < 1.29 is 31.5 Å². The Balaban J connectivity index is 2.36. The summed E-state index contributed by atoms with van der Waals surface area (Å²) in [5.41, 5.74) is 0.990. The fraction of sp³-hybridized carbons (Fsp3) is 0.767. The minimum atomic E-state index is -3.62. The predicted octanol–water partition coefficient (Wildman–Crippen LogP) is 6.56. The van der Waals surface area contributed by atoms with Gasteiger partial charge in [0.25, 0.3) is 0 Å². The average molecular weight is 615 g/mol. The molecule has 7 nitrogen and oxygen atoms in total. The Labute approximate surface area is 245 Å². The van der Waals surface area contributed by atoms with Crippen LogP contribution < -0.4 is 0 Å². The zero-order valence-electron chi connectivity index (χ0n) is 26.9. The molecule has 1 aromatic carbocycles. The number of benzene rings is 1. The fourth-order valence-corrected chi connectivity index (χ4v) is 8.59. The summed E-state index contributed by atoms with van der Waals surface area (Å²) in [5, 5.41) is 0.0576. The van der Waals surface area contributed by atoms with Gasteiger partial charge in [0, 0.05) is 25.9 Å². The molecule has 0 saturated carbocycles. The van der Waals surface area contributed by atoms with Crippen LogP contribution in [0.25, 0.3) is 0 Å². The Bertz CT molecular complexity index is 1070. The van der Waals surface area contributed by atoms with Crippen molar-refractivity contribution in [3.8, 4) is 0 Å². The van der Waals surface area contributed by atoms with Crippen molar-refractivity contribution in [2.75, 3.05) is 19.5 Å². The molecule has 40 heavy (non-hydrogen) atoms. The third-order valence-electron chi connectivity index (χ3n) is 9.21. The minimum absolute atomic E-state index is 0.00409. The lowest BCUT2D eigenvalue weighted by Gasteiger charge is -2.42. The molecule has 5 atom stereocenters. The van der Waals surface area contributed by atoms with Gasteiger partial charge in [-0.15, -0.1) is 0 Å². The van der Waals surface area contributed by atoms with Gasteiger partial charge in [0.2, 0.25) is 0 Å². The number of ether oxygens (including phenoxy) is 2. The summed E-state index contributed by atoms with van der Waals surface area (Å²) in [6.07, 6.45) is -0.316. The van der Waals surface area contributed by atoms with Gasteiger partial charge in [-0.25, -0.2) is 8.42 Å². The Morgan fingerprint density at radius 1 is 0.950 bits per heavy atom. The van der Waals surface area contributed by atoms with Crippen LogP contribution in [0.15, 0.2) is 29.2 Å². The summed E-state index contributed by atoms with van der Waals surface area (Å²) in [7, 11) is -6.24. The molecule has 0 amide bonds. The number of methoxy groups -OCH3 is 1. The van der Waals surface area contributed by atoms with E-state index < -0.39 is 50.7 Å². The third kappa shape index (κ3) is 8.81. The maximum absolute atomic E-state index is 13.4. The van der Waals surface area contributed by atoms with Crippen molar-refractivity contribution in [3.05, 3.63) is 29.8 Å². The number of hydrogen-bond donors (Lipinski definition) is 0. The number of aryl methyl sites for hydroxylation is 1. The van der Waals surface area contributed by atoms with Crippen molar-refractivity contribution in [3.63, 3.8) is 0 Å². The molecule has 10 heteroatoms. The van der Waals surface area contributed by atoms with Crippen molar-refractivity contribution in [1.82, 2.24) is 0 Å².